The van der Waals surface area contributed by atoms with Gasteiger partial charge in [0.2, 0.25) is 0 Å². The molecule has 1 aromatic heterocycles. The van der Waals surface area contributed by atoms with Crippen LogP contribution < -0.4 is 4.74 Å². The van der Waals surface area contributed by atoms with Crippen molar-refractivity contribution in [2.45, 2.75) is 71.8 Å². The quantitative estimate of drug-likeness (QED) is 0.471. The van der Waals surface area contributed by atoms with Crippen molar-refractivity contribution >= 4 is 5.78 Å². The van der Waals surface area contributed by atoms with Crippen molar-refractivity contribution < 1.29 is 9.53 Å². The van der Waals surface area contributed by atoms with Gasteiger partial charge in [-0.25, -0.2) is 0 Å². The van der Waals surface area contributed by atoms with E-state index >= 15 is 0 Å². The molecule has 0 amide bonds. The highest BCUT2D eigenvalue weighted by atomic mass is 16.5. The molecule has 20 heavy (non-hydrogen) atoms. The van der Waals surface area contributed by atoms with E-state index in [4.69, 9.17) is 4.74 Å². The lowest BCUT2D eigenvalue weighted by molar-refractivity contribution is 0.0963. The number of unbranched alkanes of at least 4 members (excludes halogenated alkanes) is 5. The minimum absolute atomic E-state index is 0.142. The number of hydrogen-bond donors (Lipinski definition) is 0. The molecular formula is C16H28N2O2. The number of hydrogen-bond acceptors (Lipinski definition) is 3. The number of carbonyl (C=O) groups is 1. The lowest BCUT2D eigenvalue weighted by atomic mass is 10.1. The summed E-state index contributed by atoms with van der Waals surface area (Å²) in [6.07, 6.45) is 9.35. The van der Waals surface area contributed by atoms with Gasteiger partial charge in [0.1, 0.15) is 5.69 Å². The zero-order valence-electron chi connectivity index (χ0n) is 13.3. The van der Waals surface area contributed by atoms with Crippen molar-refractivity contribution in [2.24, 2.45) is 0 Å². The molecule has 0 fully saturated rings. The molecule has 4 nitrogen and oxygen atoms in total. The lowest BCUT2D eigenvalue weighted by Gasteiger charge is -2.11. The largest absolute Gasteiger partial charge is 0.493 e. The van der Waals surface area contributed by atoms with Gasteiger partial charge in [-0.3, -0.25) is 9.48 Å². The first-order valence-corrected chi connectivity index (χ1v) is 7.76. The molecule has 1 rings (SSSR count). The third-order valence-electron chi connectivity index (χ3n) is 3.49. The summed E-state index contributed by atoms with van der Waals surface area (Å²) in [5.74, 6) is 0.734. The van der Waals surface area contributed by atoms with Crippen LogP contribution >= 0.6 is 0 Å². The first kappa shape index (κ1) is 16.7. The molecule has 0 aromatic carbocycles. The monoisotopic (exact) mass is 280 g/mol. The summed E-state index contributed by atoms with van der Waals surface area (Å²) in [5, 5.41) is 4.25. The van der Waals surface area contributed by atoms with Gasteiger partial charge in [-0.2, -0.15) is 5.10 Å². The van der Waals surface area contributed by atoms with Gasteiger partial charge in [-0.15, -0.1) is 0 Å². The van der Waals surface area contributed by atoms with E-state index in [9.17, 15) is 4.79 Å². The van der Waals surface area contributed by atoms with Gasteiger partial charge in [-0.05, 0) is 20.3 Å². The highest BCUT2D eigenvalue weighted by molar-refractivity contribution is 5.97. The maximum atomic E-state index is 12.4. The number of rotatable bonds is 10. The van der Waals surface area contributed by atoms with E-state index in [2.05, 4.69) is 12.0 Å². The number of carbonyl (C=O) groups excluding carboxylic acids is 1. The van der Waals surface area contributed by atoms with E-state index in [0.717, 1.165) is 12.8 Å². The molecular weight excluding hydrogens is 252 g/mol. The van der Waals surface area contributed by atoms with Gasteiger partial charge in [-0.1, -0.05) is 39.0 Å². The summed E-state index contributed by atoms with van der Waals surface area (Å²) in [6, 6.07) is 0.169. The summed E-state index contributed by atoms with van der Waals surface area (Å²) < 4.78 is 7.01. The molecule has 4 heteroatoms. The Labute approximate surface area is 122 Å². The van der Waals surface area contributed by atoms with Crippen molar-refractivity contribution in [3.05, 3.63) is 11.9 Å². The third kappa shape index (κ3) is 4.66. The fourth-order valence-corrected chi connectivity index (χ4v) is 2.34. The topological polar surface area (TPSA) is 44.1 Å². The average Bonchev–Trinajstić information content (AvgIpc) is 2.86. The van der Waals surface area contributed by atoms with Crippen LogP contribution in [0.4, 0.5) is 0 Å². The van der Waals surface area contributed by atoms with Crippen LogP contribution in [0.25, 0.3) is 0 Å². The SMILES string of the molecule is CCCCCCCCC(=O)c1c(OC)cnn1C(C)C. The number of Topliss-reactive ketones (excluding diaryl/α,β-unsaturated/α-hetero) is 1. The fourth-order valence-electron chi connectivity index (χ4n) is 2.34. The molecule has 0 aliphatic heterocycles. The average molecular weight is 280 g/mol. The Morgan fingerprint density at radius 3 is 2.50 bits per heavy atom. The van der Waals surface area contributed by atoms with E-state index in [0.29, 0.717) is 17.9 Å². The highest BCUT2D eigenvalue weighted by Gasteiger charge is 2.20. The molecule has 1 heterocycles. The van der Waals surface area contributed by atoms with Crippen LogP contribution in [0.3, 0.4) is 0 Å². The first-order chi connectivity index (χ1) is 9.61. The second-order valence-corrected chi connectivity index (χ2v) is 5.54. The van der Waals surface area contributed by atoms with Crippen molar-refractivity contribution in [2.75, 3.05) is 7.11 Å². The summed E-state index contributed by atoms with van der Waals surface area (Å²) in [7, 11) is 1.59. The van der Waals surface area contributed by atoms with E-state index in [1.807, 2.05) is 13.8 Å². The molecule has 0 saturated heterocycles. The van der Waals surface area contributed by atoms with Crippen LogP contribution in [0.5, 0.6) is 5.75 Å². The summed E-state index contributed by atoms with van der Waals surface area (Å²) in [6.45, 7) is 6.25. The Hall–Kier alpha value is -1.32. The number of ether oxygens (including phenoxy) is 1. The maximum Gasteiger partial charge on any atom is 0.184 e. The Morgan fingerprint density at radius 2 is 1.90 bits per heavy atom. The zero-order chi connectivity index (χ0) is 15.0. The number of aromatic nitrogens is 2. The molecule has 1 aromatic rings. The second kappa shape index (κ2) is 8.77. The van der Waals surface area contributed by atoms with Gasteiger partial charge in [0.25, 0.3) is 0 Å². The van der Waals surface area contributed by atoms with Crippen LogP contribution in [0.1, 0.15) is 82.2 Å². The number of ketones is 1. The van der Waals surface area contributed by atoms with Crippen molar-refractivity contribution in [1.82, 2.24) is 9.78 Å². The van der Waals surface area contributed by atoms with Crippen LogP contribution in [-0.4, -0.2) is 22.7 Å². The van der Waals surface area contributed by atoms with E-state index in [1.165, 1.54) is 25.7 Å². The Kier molecular flexibility index (Phi) is 7.34. The third-order valence-corrected chi connectivity index (χ3v) is 3.49. The normalized spacial score (nSPS) is 11.1. The zero-order valence-corrected chi connectivity index (χ0v) is 13.3. The van der Waals surface area contributed by atoms with Gasteiger partial charge in [0, 0.05) is 12.5 Å². The predicted molar refractivity (Wildman–Crippen MR) is 81.5 cm³/mol. The van der Waals surface area contributed by atoms with Crippen molar-refractivity contribution in [1.29, 1.82) is 0 Å². The van der Waals surface area contributed by atoms with Crippen molar-refractivity contribution in [3.63, 3.8) is 0 Å². The molecule has 0 saturated carbocycles. The molecule has 0 aliphatic rings. The minimum atomic E-state index is 0.142. The second-order valence-electron chi connectivity index (χ2n) is 5.54. The fraction of sp³-hybridized carbons (Fsp3) is 0.750. The van der Waals surface area contributed by atoms with Crippen molar-refractivity contribution in [3.8, 4) is 5.75 Å². The summed E-state index contributed by atoms with van der Waals surface area (Å²) in [5.41, 5.74) is 0.621. The number of methoxy groups -OCH3 is 1. The molecule has 0 bridgehead atoms. The Balaban J connectivity index is 2.52. The minimum Gasteiger partial charge on any atom is -0.493 e. The van der Waals surface area contributed by atoms with E-state index in [-0.39, 0.29) is 11.8 Å². The van der Waals surface area contributed by atoms with Gasteiger partial charge < -0.3 is 4.74 Å². The highest BCUT2D eigenvalue weighted by Crippen LogP contribution is 2.23. The Bertz CT molecular complexity index is 411. The molecule has 114 valence electrons. The maximum absolute atomic E-state index is 12.4. The number of nitrogens with zero attached hydrogens (tertiary/aromatic N) is 2. The van der Waals surface area contributed by atoms with E-state index in [1.54, 1.807) is 18.0 Å². The van der Waals surface area contributed by atoms with Gasteiger partial charge in [0.15, 0.2) is 11.5 Å². The summed E-state index contributed by atoms with van der Waals surface area (Å²) >= 11 is 0. The van der Waals surface area contributed by atoms with Crippen LogP contribution in [0.15, 0.2) is 6.20 Å². The van der Waals surface area contributed by atoms with Gasteiger partial charge in [0.05, 0.1) is 13.3 Å². The molecule has 0 N–H and O–H groups in total. The lowest BCUT2D eigenvalue weighted by Crippen LogP contribution is -2.13. The predicted octanol–water partition coefficient (Wildman–Crippen LogP) is 4.41. The summed E-state index contributed by atoms with van der Waals surface area (Å²) in [4.78, 5) is 12.4. The first-order valence-electron chi connectivity index (χ1n) is 7.76. The van der Waals surface area contributed by atoms with Crippen LogP contribution in [-0.2, 0) is 0 Å². The molecule has 0 radical (unpaired) electrons. The molecule has 0 aliphatic carbocycles. The standard InChI is InChI=1S/C16H28N2O2/c1-5-6-7-8-9-10-11-14(19)16-15(20-4)12-17-18(16)13(2)3/h12-13H,5-11H2,1-4H3. The Morgan fingerprint density at radius 1 is 1.25 bits per heavy atom. The molecule has 0 spiro atoms. The van der Waals surface area contributed by atoms with Crippen LogP contribution in [0, 0.1) is 0 Å². The van der Waals surface area contributed by atoms with Gasteiger partial charge >= 0.3 is 0 Å². The smallest absolute Gasteiger partial charge is 0.184 e. The van der Waals surface area contributed by atoms with Crippen LogP contribution in [0.2, 0.25) is 0 Å². The van der Waals surface area contributed by atoms with E-state index < -0.39 is 0 Å². The molecule has 0 unspecified atom stereocenters. The molecule has 0 atom stereocenters.